The molecule has 2 nitrogen and oxygen atoms in total. The Kier molecular flexibility index (Phi) is 8.67. The van der Waals surface area contributed by atoms with Gasteiger partial charge in [-0.3, -0.25) is 0 Å². The molecule has 0 aliphatic heterocycles. The highest BCUT2D eigenvalue weighted by atomic mass is 15.1. The van der Waals surface area contributed by atoms with Crippen LogP contribution in [0.4, 0.5) is 34.1 Å². The third kappa shape index (κ3) is 6.40. The van der Waals surface area contributed by atoms with Crippen molar-refractivity contribution < 1.29 is 0 Å². The Morgan fingerprint density at radius 1 is 0.309 bits per heavy atom. The average molecular weight is 709 g/mol. The van der Waals surface area contributed by atoms with Crippen molar-refractivity contribution in [1.82, 2.24) is 0 Å². The fraction of sp³-hybridized carbons (Fsp3) is 0.0943. The summed E-state index contributed by atoms with van der Waals surface area (Å²) in [6.45, 7) is 9.03. The Labute approximate surface area is 325 Å². The molecule has 0 unspecified atom stereocenters. The van der Waals surface area contributed by atoms with Crippen LogP contribution < -0.4 is 9.80 Å². The fourth-order valence-corrected chi connectivity index (χ4v) is 8.14. The van der Waals surface area contributed by atoms with Crippen molar-refractivity contribution >= 4 is 34.1 Å². The van der Waals surface area contributed by atoms with Gasteiger partial charge in [0.2, 0.25) is 0 Å². The van der Waals surface area contributed by atoms with E-state index in [-0.39, 0.29) is 5.41 Å². The molecule has 0 N–H and O–H groups in total. The van der Waals surface area contributed by atoms with Gasteiger partial charge in [-0.25, -0.2) is 0 Å². The highest BCUT2D eigenvalue weighted by Crippen LogP contribution is 2.52. The molecular weight excluding hydrogens is 665 g/mol. The molecule has 55 heavy (non-hydrogen) atoms. The van der Waals surface area contributed by atoms with Crippen LogP contribution in [-0.2, 0) is 5.41 Å². The van der Waals surface area contributed by atoms with Crippen LogP contribution in [-0.4, -0.2) is 0 Å². The molecule has 8 aromatic rings. The van der Waals surface area contributed by atoms with Gasteiger partial charge in [-0.1, -0.05) is 146 Å². The molecule has 266 valence electrons. The number of rotatable bonds is 8. The lowest BCUT2D eigenvalue weighted by molar-refractivity contribution is 0.660. The Morgan fingerprint density at radius 2 is 0.618 bits per heavy atom. The molecule has 0 fully saturated rings. The molecule has 0 aromatic heterocycles. The zero-order valence-corrected chi connectivity index (χ0v) is 31.9. The summed E-state index contributed by atoms with van der Waals surface area (Å²) < 4.78 is 0. The summed E-state index contributed by atoms with van der Waals surface area (Å²) in [6, 6.07) is 70.8. The zero-order chi connectivity index (χ0) is 37.5. The van der Waals surface area contributed by atoms with Crippen LogP contribution in [0, 0.1) is 13.8 Å². The van der Waals surface area contributed by atoms with Crippen molar-refractivity contribution in [2.24, 2.45) is 0 Å². The van der Waals surface area contributed by atoms with E-state index in [1.165, 1.54) is 55.6 Å². The minimum atomic E-state index is -0.207. The third-order valence-electron chi connectivity index (χ3n) is 11.2. The molecule has 0 saturated heterocycles. The summed E-state index contributed by atoms with van der Waals surface area (Å²) in [5.41, 5.74) is 19.3. The topological polar surface area (TPSA) is 6.48 Å². The molecule has 0 amide bonds. The second-order valence-corrected chi connectivity index (χ2v) is 15.3. The third-order valence-corrected chi connectivity index (χ3v) is 11.2. The van der Waals surface area contributed by atoms with Crippen LogP contribution in [0.2, 0.25) is 0 Å². The van der Waals surface area contributed by atoms with Crippen molar-refractivity contribution in [1.29, 1.82) is 0 Å². The van der Waals surface area contributed by atoms with E-state index in [0.29, 0.717) is 0 Å². The predicted molar refractivity (Wildman–Crippen MR) is 234 cm³/mol. The van der Waals surface area contributed by atoms with Gasteiger partial charge in [0.1, 0.15) is 0 Å². The van der Waals surface area contributed by atoms with E-state index in [1.807, 2.05) is 0 Å². The van der Waals surface area contributed by atoms with E-state index in [9.17, 15) is 0 Å². The minimum Gasteiger partial charge on any atom is -0.310 e. The molecular formula is C53H44N2. The maximum Gasteiger partial charge on any atom is 0.0465 e. The molecule has 0 spiro atoms. The Balaban J connectivity index is 1.07. The zero-order valence-electron chi connectivity index (χ0n) is 31.9. The van der Waals surface area contributed by atoms with Gasteiger partial charge in [0.05, 0.1) is 0 Å². The maximum absolute atomic E-state index is 2.41. The van der Waals surface area contributed by atoms with Gasteiger partial charge in [0, 0.05) is 39.5 Å². The number of benzene rings is 8. The lowest BCUT2D eigenvalue weighted by atomic mass is 9.82. The van der Waals surface area contributed by atoms with Crippen LogP contribution in [0.5, 0.6) is 0 Å². The molecule has 0 radical (unpaired) electrons. The second-order valence-electron chi connectivity index (χ2n) is 15.3. The lowest BCUT2D eigenvalue weighted by Gasteiger charge is -2.29. The first-order chi connectivity index (χ1) is 26.8. The van der Waals surface area contributed by atoms with Gasteiger partial charge >= 0.3 is 0 Å². The normalized spacial score (nSPS) is 12.5. The Hall–Kier alpha value is -6.64. The van der Waals surface area contributed by atoms with Gasteiger partial charge in [0.25, 0.3) is 0 Å². The molecule has 0 heterocycles. The van der Waals surface area contributed by atoms with Crippen molar-refractivity contribution in [3.8, 4) is 33.4 Å². The molecule has 1 aliphatic rings. The molecule has 0 bridgehead atoms. The van der Waals surface area contributed by atoms with E-state index in [1.54, 1.807) is 0 Å². The van der Waals surface area contributed by atoms with E-state index in [2.05, 4.69) is 232 Å². The van der Waals surface area contributed by atoms with Crippen LogP contribution in [0.3, 0.4) is 0 Å². The standard InChI is InChI=1S/C53H44N2/c1-37-15-25-44(26-16-37)55(45-27-17-38(2)18-28-45)48-32-34-50-49-33-31-47(35-51(49)53(3,4)52(50)36-48)54(43-13-9-6-10-14-43)46-29-23-42(24-30-46)41-21-19-40(20-22-41)39-11-7-5-8-12-39/h5-36H,1-4H3. The number of aryl methyl sites for hydroxylation is 2. The first kappa shape index (κ1) is 34.1. The maximum atomic E-state index is 2.41. The van der Waals surface area contributed by atoms with Gasteiger partial charge < -0.3 is 9.80 Å². The molecule has 2 heteroatoms. The number of hydrogen-bond donors (Lipinski definition) is 0. The number of para-hydroxylation sites is 1. The van der Waals surface area contributed by atoms with Crippen molar-refractivity contribution in [3.05, 3.63) is 216 Å². The highest BCUT2D eigenvalue weighted by molar-refractivity contribution is 5.88. The molecule has 0 atom stereocenters. The van der Waals surface area contributed by atoms with Gasteiger partial charge in [0.15, 0.2) is 0 Å². The molecule has 9 rings (SSSR count). The van der Waals surface area contributed by atoms with E-state index >= 15 is 0 Å². The predicted octanol–water partition coefficient (Wildman–Crippen LogP) is 14.9. The largest absolute Gasteiger partial charge is 0.310 e. The molecule has 8 aromatic carbocycles. The number of nitrogens with zero attached hydrogens (tertiary/aromatic N) is 2. The summed E-state index contributed by atoms with van der Waals surface area (Å²) >= 11 is 0. The number of anilines is 6. The van der Waals surface area contributed by atoms with Crippen LogP contribution in [0.1, 0.15) is 36.1 Å². The smallest absolute Gasteiger partial charge is 0.0465 e. The summed E-state index contributed by atoms with van der Waals surface area (Å²) in [5, 5.41) is 0. The highest BCUT2D eigenvalue weighted by Gasteiger charge is 2.37. The lowest BCUT2D eigenvalue weighted by Crippen LogP contribution is -2.17. The summed E-state index contributed by atoms with van der Waals surface area (Å²) in [4.78, 5) is 4.76. The second kappa shape index (κ2) is 14.0. The van der Waals surface area contributed by atoms with E-state index in [0.717, 1.165) is 34.1 Å². The SMILES string of the molecule is Cc1ccc(N(c2ccc(C)cc2)c2ccc3c(c2)C(C)(C)c2cc(N(c4ccccc4)c4ccc(-c5ccc(-c6ccccc6)cc5)cc4)ccc2-3)cc1. The summed E-state index contributed by atoms with van der Waals surface area (Å²) in [6.07, 6.45) is 0. The molecule has 1 aliphatic carbocycles. The van der Waals surface area contributed by atoms with Crippen LogP contribution in [0.25, 0.3) is 33.4 Å². The van der Waals surface area contributed by atoms with Gasteiger partial charge in [-0.2, -0.15) is 0 Å². The monoisotopic (exact) mass is 708 g/mol. The first-order valence-electron chi connectivity index (χ1n) is 19.2. The summed E-state index contributed by atoms with van der Waals surface area (Å²) in [7, 11) is 0. The minimum absolute atomic E-state index is 0.207. The molecule has 0 saturated carbocycles. The Morgan fingerprint density at radius 3 is 1.04 bits per heavy atom. The fourth-order valence-electron chi connectivity index (χ4n) is 8.14. The van der Waals surface area contributed by atoms with E-state index in [4.69, 9.17) is 0 Å². The van der Waals surface area contributed by atoms with Gasteiger partial charge in [-0.05, 0) is 131 Å². The van der Waals surface area contributed by atoms with Crippen molar-refractivity contribution in [2.75, 3.05) is 9.80 Å². The average Bonchev–Trinajstić information content (AvgIpc) is 3.45. The first-order valence-corrected chi connectivity index (χ1v) is 19.2. The number of fused-ring (bicyclic) bond motifs is 3. The van der Waals surface area contributed by atoms with Crippen molar-refractivity contribution in [2.45, 2.75) is 33.1 Å². The van der Waals surface area contributed by atoms with Crippen LogP contribution >= 0.6 is 0 Å². The number of hydrogen-bond acceptors (Lipinski definition) is 2. The van der Waals surface area contributed by atoms with Crippen molar-refractivity contribution in [3.63, 3.8) is 0 Å². The quantitative estimate of drug-likeness (QED) is 0.155. The van der Waals surface area contributed by atoms with E-state index < -0.39 is 0 Å². The summed E-state index contributed by atoms with van der Waals surface area (Å²) in [5.74, 6) is 0. The van der Waals surface area contributed by atoms with Gasteiger partial charge in [-0.15, -0.1) is 0 Å². The Bertz CT molecular complexity index is 2540. The van der Waals surface area contributed by atoms with Crippen LogP contribution in [0.15, 0.2) is 194 Å².